The van der Waals surface area contributed by atoms with E-state index in [9.17, 15) is 4.79 Å². The molecule has 1 heterocycles. The van der Waals surface area contributed by atoms with Gasteiger partial charge in [-0.1, -0.05) is 29.8 Å². The Hall–Kier alpha value is -2.93. The molecule has 2 aromatic carbocycles. The molecule has 134 valence electrons. The highest BCUT2D eigenvalue weighted by molar-refractivity contribution is 6.30. The van der Waals surface area contributed by atoms with Crippen molar-refractivity contribution < 1.29 is 9.53 Å². The molecule has 0 spiro atoms. The van der Waals surface area contributed by atoms with Crippen molar-refractivity contribution in [1.82, 2.24) is 25.5 Å². The number of carbonyl (C=O) groups excluding carboxylic acids is 1. The number of aromatic nitrogens is 4. The maximum atomic E-state index is 12.4. The lowest BCUT2D eigenvalue weighted by atomic mass is 10.2. The summed E-state index contributed by atoms with van der Waals surface area (Å²) >= 11 is 5.95. The van der Waals surface area contributed by atoms with Gasteiger partial charge in [0.25, 0.3) is 5.91 Å². The van der Waals surface area contributed by atoms with E-state index >= 15 is 0 Å². The van der Waals surface area contributed by atoms with E-state index in [0.717, 1.165) is 5.56 Å². The zero-order valence-electron chi connectivity index (χ0n) is 14.2. The van der Waals surface area contributed by atoms with Gasteiger partial charge in [0.2, 0.25) is 0 Å². The monoisotopic (exact) mass is 371 g/mol. The van der Waals surface area contributed by atoms with Crippen LogP contribution >= 0.6 is 11.6 Å². The Balaban J connectivity index is 1.60. The van der Waals surface area contributed by atoms with Gasteiger partial charge in [-0.2, -0.15) is 0 Å². The number of hydrogen-bond donors (Lipinski definition) is 1. The Morgan fingerprint density at radius 3 is 2.88 bits per heavy atom. The first-order valence-corrected chi connectivity index (χ1v) is 8.54. The molecule has 0 aliphatic rings. The Morgan fingerprint density at radius 1 is 1.23 bits per heavy atom. The summed E-state index contributed by atoms with van der Waals surface area (Å²) in [4.78, 5) is 12.4. The first-order valence-electron chi connectivity index (χ1n) is 8.16. The minimum Gasteiger partial charge on any atom is -0.486 e. The molecule has 1 aromatic heterocycles. The maximum Gasteiger partial charge on any atom is 0.251 e. The first kappa shape index (κ1) is 17.9. The van der Waals surface area contributed by atoms with Crippen molar-refractivity contribution >= 4 is 17.5 Å². The SMILES string of the molecule is CCn1nnnc1COc1cccc(C(=O)NCc2cccc(Cl)c2)c1. The summed E-state index contributed by atoms with van der Waals surface area (Å²) in [5.74, 6) is 1.02. The highest BCUT2D eigenvalue weighted by Crippen LogP contribution is 2.15. The van der Waals surface area contributed by atoms with Gasteiger partial charge in [0.1, 0.15) is 12.4 Å². The number of carbonyl (C=O) groups is 1. The Morgan fingerprint density at radius 2 is 2.08 bits per heavy atom. The zero-order chi connectivity index (χ0) is 18.4. The number of tetrazole rings is 1. The summed E-state index contributed by atoms with van der Waals surface area (Å²) in [5.41, 5.74) is 1.45. The normalized spacial score (nSPS) is 10.5. The second kappa shape index (κ2) is 8.44. The molecule has 3 rings (SSSR count). The molecule has 0 saturated carbocycles. The van der Waals surface area contributed by atoms with E-state index in [4.69, 9.17) is 16.3 Å². The van der Waals surface area contributed by atoms with Gasteiger partial charge in [0.15, 0.2) is 5.82 Å². The van der Waals surface area contributed by atoms with Crippen LogP contribution in [0.4, 0.5) is 0 Å². The summed E-state index contributed by atoms with van der Waals surface area (Å²) in [7, 11) is 0. The molecule has 3 aromatic rings. The van der Waals surface area contributed by atoms with Crippen LogP contribution in [0.1, 0.15) is 28.7 Å². The van der Waals surface area contributed by atoms with Crippen LogP contribution in [0, 0.1) is 0 Å². The van der Waals surface area contributed by atoms with Crippen molar-refractivity contribution in [2.45, 2.75) is 26.6 Å². The lowest BCUT2D eigenvalue weighted by Crippen LogP contribution is -2.22. The van der Waals surface area contributed by atoms with Crippen molar-refractivity contribution in [1.29, 1.82) is 0 Å². The van der Waals surface area contributed by atoms with Crippen LogP contribution in [0.3, 0.4) is 0 Å². The number of benzene rings is 2. The van der Waals surface area contributed by atoms with E-state index in [1.54, 1.807) is 35.0 Å². The average Bonchev–Trinajstić information content (AvgIpc) is 3.12. The van der Waals surface area contributed by atoms with Gasteiger partial charge in [0, 0.05) is 23.7 Å². The van der Waals surface area contributed by atoms with Gasteiger partial charge in [0.05, 0.1) is 0 Å². The van der Waals surface area contributed by atoms with E-state index in [2.05, 4.69) is 20.8 Å². The standard InChI is InChI=1S/C18H18ClN5O2/c1-2-24-17(21-22-23-24)12-26-16-8-4-6-14(10-16)18(25)20-11-13-5-3-7-15(19)9-13/h3-10H,2,11-12H2,1H3,(H,20,25). The van der Waals surface area contributed by atoms with Gasteiger partial charge in [-0.3, -0.25) is 4.79 Å². The highest BCUT2D eigenvalue weighted by atomic mass is 35.5. The second-order valence-corrected chi connectivity index (χ2v) is 5.98. The smallest absolute Gasteiger partial charge is 0.251 e. The quantitative estimate of drug-likeness (QED) is 0.690. The molecule has 1 N–H and O–H groups in total. The van der Waals surface area contributed by atoms with Crippen LogP contribution < -0.4 is 10.1 Å². The number of ether oxygens (including phenoxy) is 1. The second-order valence-electron chi connectivity index (χ2n) is 5.54. The first-order chi connectivity index (χ1) is 12.7. The largest absolute Gasteiger partial charge is 0.486 e. The Bertz CT molecular complexity index is 897. The third kappa shape index (κ3) is 4.58. The van der Waals surface area contributed by atoms with E-state index in [-0.39, 0.29) is 12.5 Å². The van der Waals surface area contributed by atoms with E-state index < -0.39 is 0 Å². The fraction of sp³-hybridized carbons (Fsp3) is 0.222. The highest BCUT2D eigenvalue weighted by Gasteiger charge is 2.09. The molecule has 0 unspecified atom stereocenters. The van der Waals surface area contributed by atoms with Crippen LogP contribution in [0.25, 0.3) is 0 Å². The Kier molecular flexibility index (Phi) is 5.80. The predicted octanol–water partition coefficient (Wildman–Crippen LogP) is 2.86. The predicted molar refractivity (Wildman–Crippen MR) is 96.9 cm³/mol. The topological polar surface area (TPSA) is 81.9 Å². The van der Waals surface area contributed by atoms with Gasteiger partial charge in [-0.15, -0.1) is 5.10 Å². The number of halogens is 1. The maximum absolute atomic E-state index is 12.4. The van der Waals surface area contributed by atoms with E-state index in [1.165, 1.54) is 0 Å². The number of aryl methyl sites for hydroxylation is 1. The summed E-state index contributed by atoms with van der Waals surface area (Å²) < 4.78 is 7.36. The number of amides is 1. The molecule has 0 fully saturated rings. The third-order valence-corrected chi connectivity index (χ3v) is 3.95. The lowest BCUT2D eigenvalue weighted by Gasteiger charge is -2.09. The molecule has 0 bridgehead atoms. The molecule has 0 atom stereocenters. The van der Waals surface area contributed by atoms with Crippen molar-refractivity contribution in [3.63, 3.8) is 0 Å². The molecule has 8 heteroatoms. The molecule has 26 heavy (non-hydrogen) atoms. The van der Waals surface area contributed by atoms with Gasteiger partial charge >= 0.3 is 0 Å². The van der Waals surface area contributed by atoms with Crippen LogP contribution in [-0.2, 0) is 19.7 Å². The fourth-order valence-corrected chi connectivity index (χ4v) is 2.59. The molecule has 0 radical (unpaired) electrons. The molecule has 0 saturated heterocycles. The summed E-state index contributed by atoms with van der Waals surface area (Å²) in [5, 5.41) is 14.9. The van der Waals surface area contributed by atoms with Crippen LogP contribution in [0.15, 0.2) is 48.5 Å². The number of nitrogens with zero attached hydrogens (tertiary/aromatic N) is 4. The minimum atomic E-state index is -0.186. The van der Waals surface area contributed by atoms with Crippen molar-refractivity contribution in [3.8, 4) is 5.75 Å². The van der Waals surface area contributed by atoms with E-state index in [0.29, 0.717) is 35.2 Å². The average molecular weight is 372 g/mol. The van der Waals surface area contributed by atoms with Crippen LogP contribution in [0.2, 0.25) is 5.02 Å². The Labute approximate surface area is 155 Å². The minimum absolute atomic E-state index is 0.186. The fourth-order valence-electron chi connectivity index (χ4n) is 2.38. The summed E-state index contributed by atoms with van der Waals surface area (Å²) in [6.45, 7) is 3.24. The lowest BCUT2D eigenvalue weighted by molar-refractivity contribution is 0.0950. The number of rotatable bonds is 7. The molecule has 7 nitrogen and oxygen atoms in total. The zero-order valence-corrected chi connectivity index (χ0v) is 15.0. The number of hydrogen-bond acceptors (Lipinski definition) is 5. The molecule has 0 aliphatic heterocycles. The molecule has 0 aliphatic carbocycles. The van der Waals surface area contributed by atoms with Gasteiger partial charge < -0.3 is 10.1 Å². The number of nitrogens with one attached hydrogen (secondary N) is 1. The van der Waals surface area contributed by atoms with Crippen molar-refractivity contribution in [3.05, 3.63) is 70.5 Å². The molecule has 1 amide bonds. The van der Waals surface area contributed by atoms with Crippen LogP contribution in [0.5, 0.6) is 5.75 Å². The summed E-state index contributed by atoms with van der Waals surface area (Å²) in [6.07, 6.45) is 0. The molecular formula is C18H18ClN5O2. The molecular weight excluding hydrogens is 354 g/mol. The van der Waals surface area contributed by atoms with Crippen LogP contribution in [-0.4, -0.2) is 26.1 Å². The van der Waals surface area contributed by atoms with Crippen molar-refractivity contribution in [2.24, 2.45) is 0 Å². The van der Waals surface area contributed by atoms with Gasteiger partial charge in [-0.05, 0) is 53.2 Å². The third-order valence-electron chi connectivity index (χ3n) is 3.71. The van der Waals surface area contributed by atoms with E-state index in [1.807, 2.05) is 25.1 Å². The van der Waals surface area contributed by atoms with Gasteiger partial charge in [-0.25, -0.2) is 4.68 Å². The summed E-state index contributed by atoms with van der Waals surface area (Å²) in [6, 6.07) is 14.3. The van der Waals surface area contributed by atoms with Crippen molar-refractivity contribution in [2.75, 3.05) is 0 Å².